The number of aryl methyl sites for hydroxylation is 1. The summed E-state index contributed by atoms with van der Waals surface area (Å²) < 4.78 is 5.76. The summed E-state index contributed by atoms with van der Waals surface area (Å²) in [5.41, 5.74) is 8.24. The fourth-order valence-corrected chi connectivity index (χ4v) is 1.83. The zero-order valence-electron chi connectivity index (χ0n) is 10.1. The number of hydrogen-bond donors (Lipinski definition) is 1. The van der Waals surface area contributed by atoms with Gasteiger partial charge in [0.25, 0.3) is 0 Å². The third kappa shape index (κ3) is 2.84. The van der Waals surface area contributed by atoms with Gasteiger partial charge in [0.2, 0.25) is 0 Å². The van der Waals surface area contributed by atoms with E-state index in [0.717, 1.165) is 16.9 Å². The first-order valence-corrected chi connectivity index (χ1v) is 6.01. The van der Waals surface area contributed by atoms with Gasteiger partial charge in [0.15, 0.2) is 0 Å². The quantitative estimate of drug-likeness (QED) is 0.856. The first kappa shape index (κ1) is 12.5. The summed E-state index contributed by atoms with van der Waals surface area (Å²) in [6, 6.07) is 11.6. The fourth-order valence-electron chi connectivity index (χ4n) is 1.65. The van der Waals surface area contributed by atoms with Gasteiger partial charge in [0.05, 0.1) is 0 Å². The summed E-state index contributed by atoms with van der Waals surface area (Å²) >= 11 is 4.97. The Morgan fingerprint density at radius 1 is 1.28 bits per heavy atom. The molecule has 1 heterocycles. The minimum atomic E-state index is 0.291. The number of ether oxygens (including phenoxy) is 1. The summed E-state index contributed by atoms with van der Waals surface area (Å²) in [5.74, 6) is 0.857. The molecule has 0 saturated carbocycles. The number of nitrogens with two attached hydrogens (primary N) is 1. The van der Waals surface area contributed by atoms with Crippen LogP contribution in [-0.2, 0) is 6.61 Å². The number of thiocarbonyl (C=S) groups is 1. The van der Waals surface area contributed by atoms with E-state index >= 15 is 0 Å². The highest BCUT2D eigenvalue weighted by molar-refractivity contribution is 7.80. The predicted molar refractivity (Wildman–Crippen MR) is 75.6 cm³/mol. The second-order valence-electron chi connectivity index (χ2n) is 3.93. The molecule has 1 aromatic carbocycles. The highest BCUT2D eigenvalue weighted by Crippen LogP contribution is 2.18. The number of nitrogens with zero attached hydrogens (tertiary/aromatic N) is 1. The van der Waals surface area contributed by atoms with Crippen LogP contribution in [0.15, 0.2) is 42.6 Å². The molecule has 0 radical (unpaired) electrons. The second-order valence-corrected chi connectivity index (χ2v) is 4.37. The molecule has 2 aromatic rings. The first-order valence-electron chi connectivity index (χ1n) is 5.60. The largest absolute Gasteiger partial charge is 0.489 e. The normalized spacial score (nSPS) is 10.1. The number of hydrogen-bond acceptors (Lipinski definition) is 3. The molecular formula is C14H14N2OS. The van der Waals surface area contributed by atoms with E-state index in [1.165, 1.54) is 0 Å². The van der Waals surface area contributed by atoms with Crippen molar-refractivity contribution >= 4 is 17.2 Å². The zero-order chi connectivity index (χ0) is 13.0. The molecule has 0 aliphatic carbocycles. The predicted octanol–water partition coefficient (Wildman–Crippen LogP) is 2.60. The molecule has 0 spiro atoms. The van der Waals surface area contributed by atoms with E-state index in [4.69, 9.17) is 22.7 Å². The smallest absolute Gasteiger partial charge is 0.123 e. The molecule has 0 aliphatic heterocycles. The molecule has 0 fully saturated rings. The van der Waals surface area contributed by atoms with Gasteiger partial charge in [-0.25, -0.2) is 0 Å². The lowest BCUT2D eigenvalue weighted by molar-refractivity contribution is 0.303. The van der Waals surface area contributed by atoms with Crippen molar-refractivity contribution in [2.45, 2.75) is 13.5 Å². The molecule has 3 nitrogen and oxygen atoms in total. The molecule has 18 heavy (non-hydrogen) atoms. The minimum absolute atomic E-state index is 0.291. The molecule has 4 heteroatoms. The maximum Gasteiger partial charge on any atom is 0.123 e. The number of benzene rings is 1. The molecule has 2 rings (SSSR count). The molecule has 1 aromatic heterocycles. The van der Waals surface area contributed by atoms with Crippen LogP contribution in [0.25, 0.3) is 0 Å². The zero-order valence-corrected chi connectivity index (χ0v) is 10.9. The molecule has 0 bridgehead atoms. The summed E-state index contributed by atoms with van der Waals surface area (Å²) in [7, 11) is 0. The molecule has 2 N–H and O–H groups in total. The van der Waals surface area contributed by atoms with Crippen LogP contribution in [0.3, 0.4) is 0 Å². The van der Waals surface area contributed by atoms with Crippen molar-refractivity contribution in [3.8, 4) is 5.75 Å². The molecule has 0 aliphatic rings. The lowest BCUT2D eigenvalue weighted by Gasteiger charge is -2.10. The van der Waals surface area contributed by atoms with Gasteiger partial charge >= 0.3 is 0 Å². The summed E-state index contributed by atoms with van der Waals surface area (Å²) in [6.07, 6.45) is 1.67. The Balaban J connectivity index is 2.16. The maximum absolute atomic E-state index is 5.76. The van der Waals surface area contributed by atoms with Crippen LogP contribution < -0.4 is 10.5 Å². The third-order valence-corrected chi connectivity index (χ3v) is 2.79. The van der Waals surface area contributed by atoms with Crippen molar-refractivity contribution in [3.05, 3.63) is 59.4 Å². The van der Waals surface area contributed by atoms with Gasteiger partial charge in [0.1, 0.15) is 23.0 Å². The van der Waals surface area contributed by atoms with Gasteiger partial charge in [-0.15, -0.1) is 0 Å². The van der Waals surface area contributed by atoms with Crippen LogP contribution in [0, 0.1) is 6.92 Å². The van der Waals surface area contributed by atoms with E-state index < -0.39 is 0 Å². The van der Waals surface area contributed by atoms with E-state index in [1.54, 1.807) is 6.20 Å². The van der Waals surface area contributed by atoms with Gasteiger partial charge in [-0.1, -0.05) is 36.5 Å². The summed E-state index contributed by atoms with van der Waals surface area (Å²) in [5, 5.41) is 0. The lowest BCUT2D eigenvalue weighted by atomic mass is 10.2. The van der Waals surface area contributed by atoms with E-state index in [-0.39, 0.29) is 0 Å². The Morgan fingerprint density at radius 3 is 2.78 bits per heavy atom. The number of rotatable bonds is 4. The van der Waals surface area contributed by atoms with Crippen LogP contribution in [0.5, 0.6) is 5.75 Å². The Labute approximate surface area is 112 Å². The van der Waals surface area contributed by atoms with Crippen LogP contribution in [-0.4, -0.2) is 9.97 Å². The van der Waals surface area contributed by atoms with E-state index in [0.29, 0.717) is 17.3 Å². The van der Waals surface area contributed by atoms with E-state index in [2.05, 4.69) is 4.98 Å². The van der Waals surface area contributed by atoms with Crippen LogP contribution in [0.2, 0.25) is 0 Å². The SMILES string of the molecule is Cc1ccccc1OCc1cccnc1C(N)=S. The first-order chi connectivity index (χ1) is 8.68. The minimum Gasteiger partial charge on any atom is -0.489 e. The van der Waals surface area contributed by atoms with E-state index in [1.807, 2.05) is 43.3 Å². The van der Waals surface area contributed by atoms with Crippen LogP contribution in [0.1, 0.15) is 16.8 Å². The Kier molecular flexibility index (Phi) is 3.89. The van der Waals surface area contributed by atoms with Gasteiger partial charge in [-0.05, 0) is 24.6 Å². The maximum atomic E-state index is 5.76. The van der Waals surface area contributed by atoms with Crippen molar-refractivity contribution < 1.29 is 4.74 Å². The van der Waals surface area contributed by atoms with Gasteiger partial charge < -0.3 is 10.5 Å². The average Bonchev–Trinajstić information content (AvgIpc) is 2.38. The second kappa shape index (κ2) is 5.60. The topological polar surface area (TPSA) is 48.1 Å². The van der Waals surface area contributed by atoms with Gasteiger partial charge in [0, 0.05) is 11.8 Å². The van der Waals surface area contributed by atoms with Gasteiger partial charge in [-0.3, -0.25) is 4.98 Å². The Morgan fingerprint density at radius 2 is 2.06 bits per heavy atom. The Bertz CT molecular complexity index is 569. The van der Waals surface area contributed by atoms with Crippen molar-refractivity contribution in [1.82, 2.24) is 4.98 Å². The fraction of sp³-hybridized carbons (Fsp3) is 0.143. The van der Waals surface area contributed by atoms with Crippen molar-refractivity contribution in [1.29, 1.82) is 0 Å². The molecule has 92 valence electrons. The van der Waals surface area contributed by atoms with E-state index in [9.17, 15) is 0 Å². The molecule has 0 unspecified atom stereocenters. The van der Waals surface area contributed by atoms with Crippen LogP contribution >= 0.6 is 12.2 Å². The highest BCUT2D eigenvalue weighted by atomic mass is 32.1. The molecule has 0 atom stereocenters. The number of aromatic nitrogens is 1. The molecular weight excluding hydrogens is 244 g/mol. The standard InChI is InChI=1S/C14H14N2OS/c1-10-5-2-3-7-12(10)17-9-11-6-4-8-16-13(11)14(15)18/h2-8H,9H2,1H3,(H2,15,18). The van der Waals surface area contributed by atoms with Crippen molar-refractivity contribution in [3.63, 3.8) is 0 Å². The summed E-state index contributed by atoms with van der Waals surface area (Å²) in [4.78, 5) is 4.46. The Hall–Kier alpha value is -1.94. The van der Waals surface area contributed by atoms with Crippen molar-refractivity contribution in [2.75, 3.05) is 0 Å². The van der Waals surface area contributed by atoms with Gasteiger partial charge in [-0.2, -0.15) is 0 Å². The number of pyridine rings is 1. The van der Waals surface area contributed by atoms with Crippen molar-refractivity contribution in [2.24, 2.45) is 5.73 Å². The summed E-state index contributed by atoms with van der Waals surface area (Å²) in [6.45, 7) is 2.42. The third-order valence-electron chi connectivity index (χ3n) is 2.60. The molecule has 0 saturated heterocycles. The average molecular weight is 258 g/mol. The van der Waals surface area contributed by atoms with Crippen LogP contribution in [0.4, 0.5) is 0 Å². The monoisotopic (exact) mass is 258 g/mol. The number of para-hydroxylation sites is 1. The highest BCUT2D eigenvalue weighted by Gasteiger charge is 2.07. The molecule has 0 amide bonds. The lowest BCUT2D eigenvalue weighted by Crippen LogP contribution is -2.15.